The maximum atomic E-state index is 13.5. The van der Waals surface area contributed by atoms with Crippen LogP contribution in [0.15, 0.2) is 18.5 Å². The van der Waals surface area contributed by atoms with Gasteiger partial charge in [0.05, 0.1) is 17.2 Å². The number of aryl methyl sites for hydroxylation is 1. The van der Waals surface area contributed by atoms with Crippen molar-refractivity contribution in [2.24, 2.45) is 5.92 Å². The number of aromatic nitrogens is 4. The number of hydrogen-bond acceptors (Lipinski definition) is 8. The fourth-order valence-corrected chi connectivity index (χ4v) is 4.15. The summed E-state index contributed by atoms with van der Waals surface area (Å²) >= 11 is 1.36. The molecule has 1 fully saturated rings. The maximum absolute atomic E-state index is 13.5. The number of amides is 1. The Labute approximate surface area is 170 Å². The van der Waals surface area contributed by atoms with Gasteiger partial charge in [0.25, 0.3) is 5.91 Å². The van der Waals surface area contributed by atoms with Gasteiger partial charge in [-0.2, -0.15) is 4.98 Å². The van der Waals surface area contributed by atoms with Crippen molar-refractivity contribution in [2.75, 3.05) is 18.4 Å². The summed E-state index contributed by atoms with van der Waals surface area (Å²) in [6, 6.07) is 1.05. The van der Waals surface area contributed by atoms with E-state index in [1.165, 1.54) is 17.4 Å². The summed E-state index contributed by atoms with van der Waals surface area (Å²) in [5.74, 6) is -0.586. The number of pyridine rings is 1. The third-order valence-electron chi connectivity index (χ3n) is 4.84. The Morgan fingerprint density at radius 2 is 2.21 bits per heavy atom. The van der Waals surface area contributed by atoms with E-state index in [0.717, 1.165) is 17.5 Å². The number of thiazole rings is 1. The summed E-state index contributed by atoms with van der Waals surface area (Å²) in [6.45, 7) is 4.57. The first-order valence-corrected chi connectivity index (χ1v) is 10.0. The van der Waals surface area contributed by atoms with Gasteiger partial charge in [0, 0.05) is 25.2 Å². The molecule has 1 N–H and O–H groups in total. The summed E-state index contributed by atoms with van der Waals surface area (Å²) in [5.41, 5.74) is 1.33. The zero-order chi connectivity index (χ0) is 20.5. The Bertz CT molecular complexity index is 1090. The SMILES string of the molecule is Cc1nc2nc(NC(C)c3cncc(F)c3)nc(C(=O)N3CCC(C=O)C3)c2s1. The number of hydrogen-bond donors (Lipinski definition) is 1. The van der Waals surface area contributed by atoms with Crippen molar-refractivity contribution in [2.45, 2.75) is 26.3 Å². The van der Waals surface area contributed by atoms with Gasteiger partial charge < -0.3 is 15.0 Å². The first-order chi connectivity index (χ1) is 13.9. The molecule has 0 radical (unpaired) electrons. The minimum atomic E-state index is -0.433. The lowest BCUT2D eigenvalue weighted by molar-refractivity contribution is -0.110. The van der Waals surface area contributed by atoms with Crippen LogP contribution in [0, 0.1) is 18.7 Å². The molecule has 2 atom stereocenters. The van der Waals surface area contributed by atoms with Crippen LogP contribution in [-0.4, -0.2) is 50.1 Å². The fraction of sp³-hybridized carbons (Fsp3) is 0.368. The summed E-state index contributed by atoms with van der Waals surface area (Å²) in [7, 11) is 0. The largest absolute Gasteiger partial charge is 0.348 e. The van der Waals surface area contributed by atoms with Crippen LogP contribution >= 0.6 is 11.3 Å². The van der Waals surface area contributed by atoms with Crippen molar-refractivity contribution in [1.29, 1.82) is 0 Å². The number of fused-ring (bicyclic) bond motifs is 1. The molecule has 0 bridgehead atoms. The van der Waals surface area contributed by atoms with Gasteiger partial charge in [-0.3, -0.25) is 9.78 Å². The van der Waals surface area contributed by atoms with Crippen LogP contribution in [0.1, 0.15) is 40.4 Å². The molecule has 4 rings (SSSR count). The van der Waals surface area contributed by atoms with Gasteiger partial charge >= 0.3 is 0 Å². The lowest BCUT2D eigenvalue weighted by Crippen LogP contribution is -2.30. The lowest BCUT2D eigenvalue weighted by Gasteiger charge is -2.17. The quantitative estimate of drug-likeness (QED) is 0.641. The Kier molecular flexibility index (Phi) is 5.18. The van der Waals surface area contributed by atoms with Crippen LogP contribution in [0.2, 0.25) is 0 Å². The molecule has 150 valence electrons. The van der Waals surface area contributed by atoms with Crippen molar-refractivity contribution in [1.82, 2.24) is 24.8 Å². The van der Waals surface area contributed by atoms with Gasteiger partial charge in [0.15, 0.2) is 11.3 Å². The van der Waals surface area contributed by atoms with Gasteiger partial charge in [-0.15, -0.1) is 11.3 Å². The number of nitrogens with zero attached hydrogens (tertiary/aromatic N) is 5. The molecule has 0 saturated carbocycles. The summed E-state index contributed by atoms with van der Waals surface area (Å²) < 4.78 is 14.1. The van der Waals surface area contributed by atoms with Crippen molar-refractivity contribution in [3.8, 4) is 0 Å². The number of anilines is 1. The molecular weight excluding hydrogens is 395 g/mol. The third kappa shape index (κ3) is 3.93. The standard InChI is InChI=1S/C19H19FN6O2S/c1-10(13-5-14(20)7-21-6-13)22-19-24-15(16-17(25-19)23-11(2)29-16)18(28)26-4-3-12(8-26)9-27/h5-7,9-10,12H,3-4,8H2,1-2H3,(H,22,24,25). The van der Waals surface area contributed by atoms with Gasteiger partial charge in [-0.05, 0) is 31.9 Å². The van der Waals surface area contributed by atoms with Crippen molar-refractivity contribution >= 4 is 39.8 Å². The van der Waals surface area contributed by atoms with Crippen LogP contribution in [-0.2, 0) is 4.79 Å². The first kappa shape index (κ1) is 19.3. The molecule has 0 aliphatic carbocycles. The summed E-state index contributed by atoms with van der Waals surface area (Å²) in [4.78, 5) is 42.9. The van der Waals surface area contributed by atoms with Crippen LogP contribution in [0.4, 0.5) is 10.3 Å². The average Bonchev–Trinajstić information content (AvgIpc) is 3.32. The van der Waals surface area contributed by atoms with E-state index in [-0.39, 0.29) is 29.5 Å². The van der Waals surface area contributed by atoms with Crippen molar-refractivity contribution < 1.29 is 14.0 Å². The summed E-state index contributed by atoms with van der Waals surface area (Å²) in [6.07, 6.45) is 4.24. The van der Waals surface area contributed by atoms with Crippen LogP contribution in [0.25, 0.3) is 10.3 Å². The number of aldehydes is 1. The Hall–Kier alpha value is -3.01. The van der Waals surface area contributed by atoms with Gasteiger partial charge in [-0.1, -0.05) is 0 Å². The zero-order valence-electron chi connectivity index (χ0n) is 15.9. The fourth-order valence-electron chi connectivity index (χ4n) is 3.31. The monoisotopic (exact) mass is 414 g/mol. The zero-order valence-corrected chi connectivity index (χ0v) is 16.7. The van der Waals surface area contributed by atoms with Gasteiger partial charge in [-0.25, -0.2) is 14.4 Å². The molecule has 0 aromatic carbocycles. The van der Waals surface area contributed by atoms with Crippen molar-refractivity contribution in [3.05, 3.63) is 40.5 Å². The van der Waals surface area contributed by atoms with E-state index in [2.05, 4.69) is 25.3 Å². The molecule has 10 heteroatoms. The predicted octanol–water partition coefficient (Wildman–Crippen LogP) is 2.76. The maximum Gasteiger partial charge on any atom is 0.274 e. The topological polar surface area (TPSA) is 101 Å². The average molecular weight is 414 g/mol. The van der Waals surface area contributed by atoms with E-state index in [4.69, 9.17) is 0 Å². The minimum absolute atomic E-state index is 0.141. The number of likely N-dealkylation sites (tertiary alicyclic amines) is 1. The number of carbonyl (C=O) groups excluding carboxylic acids is 2. The molecule has 4 heterocycles. The lowest BCUT2D eigenvalue weighted by atomic mass is 10.1. The molecule has 8 nitrogen and oxygen atoms in total. The third-order valence-corrected chi connectivity index (χ3v) is 5.81. The summed E-state index contributed by atoms with van der Waals surface area (Å²) in [5, 5.41) is 3.87. The van der Waals surface area contributed by atoms with E-state index in [9.17, 15) is 14.0 Å². The molecule has 3 aromatic heterocycles. The molecule has 1 saturated heterocycles. The number of carbonyl (C=O) groups is 2. The molecular formula is C19H19FN6O2S. The number of halogens is 1. The van der Waals surface area contributed by atoms with E-state index in [0.29, 0.717) is 35.4 Å². The highest BCUT2D eigenvalue weighted by atomic mass is 32.1. The molecule has 0 spiro atoms. The molecule has 1 aliphatic heterocycles. The second-order valence-corrected chi connectivity index (χ2v) is 8.22. The number of rotatable bonds is 5. The molecule has 2 unspecified atom stereocenters. The van der Waals surface area contributed by atoms with Crippen LogP contribution in [0.5, 0.6) is 0 Å². The van der Waals surface area contributed by atoms with Crippen LogP contribution in [0.3, 0.4) is 0 Å². The van der Waals surface area contributed by atoms with Gasteiger partial charge in [0.2, 0.25) is 5.95 Å². The van der Waals surface area contributed by atoms with Crippen molar-refractivity contribution in [3.63, 3.8) is 0 Å². The Balaban J connectivity index is 1.67. The molecule has 1 amide bonds. The smallest absolute Gasteiger partial charge is 0.274 e. The normalized spacial score (nSPS) is 17.5. The highest BCUT2D eigenvalue weighted by Crippen LogP contribution is 2.28. The first-order valence-electron chi connectivity index (χ1n) is 9.21. The number of nitrogens with one attached hydrogen (secondary N) is 1. The van der Waals surface area contributed by atoms with Gasteiger partial charge in [0.1, 0.15) is 16.8 Å². The highest BCUT2D eigenvalue weighted by molar-refractivity contribution is 7.18. The highest BCUT2D eigenvalue weighted by Gasteiger charge is 2.30. The second-order valence-electron chi connectivity index (χ2n) is 7.02. The van der Waals surface area contributed by atoms with Crippen LogP contribution < -0.4 is 5.32 Å². The molecule has 3 aromatic rings. The van der Waals surface area contributed by atoms with E-state index in [1.807, 2.05) is 13.8 Å². The minimum Gasteiger partial charge on any atom is -0.348 e. The van der Waals surface area contributed by atoms with E-state index >= 15 is 0 Å². The second kappa shape index (κ2) is 7.78. The molecule has 29 heavy (non-hydrogen) atoms. The van der Waals surface area contributed by atoms with E-state index in [1.54, 1.807) is 11.1 Å². The predicted molar refractivity (Wildman–Crippen MR) is 106 cm³/mol. The Morgan fingerprint density at radius 1 is 1.38 bits per heavy atom. The molecule has 1 aliphatic rings. The Morgan fingerprint density at radius 3 is 2.93 bits per heavy atom. The van der Waals surface area contributed by atoms with E-state index < -0.39 is 5.82 Å².